The summed E-state index contributed by atoms with van der Waals surface area (Å²) in [5.74, 6) is -0.875. The second-order valence-corrected chi connectivity index (χ2v) is 3.96. The molecule has 0 aliphatic heterocycles. The number of halogens is 3. The number of nitrogens with one attached hydrogen (secondary N) is 1. The molecule has 0 radical (unpaired) electrons. The van der Waals surface area contributed by atoms with Crippen LogP contribution in [0.4, 0.5) is 13.2 Å². The Morgan fingerprint density at radius 1 is 1.45 bits per heavy atom. The van der Waals surface area contributed by atoms with Crippen LogP contribution in [0.25, 0.3) is 0 Å². The number of aliphatic hydroxyl groups excluding tert-OH is 2. The van der Waals surface area contributed by atoms with Gasteiger partial charge in [0.1, 0.15) is 6.10 Å². The van der Waals surface area contributed by atoms with Crippen molar-refractivity contribution in [3.05, 3.63) is 33.7 Å². The maximum atomic E-state index is 12.5. The highest BCUT2D eigenvalue weighted by molar-refractivity contribution is 5.69. The van der Waals surface area contributed by atoms with E-state index in [-0.39, 0.29) is 0 Å². The number of carbonyl (C=O) groups excluding carboxylic acids is 1. The van der Waals surface area contributed by atoms with E-state index in [1.54, 1.807) is 0 Å². The normalized spacial score (nSPS) is 14.7. The Hall–Kier alpha value is -1.87. The number of methoxy groups -OCH3 is 1. The summed E-state index contributed by atoms with van der Waals surface area (Å²) < 4.78 is 41.7. The molecule has 1 aromatic heterocycles. The smallest absolute Gasteiger partial charge is 0.417 e. The Bertz CT molecular complexity index is 540. The van der Waals surface area contributed by atoms with E-state index in [0.717, 1.165) is 7.11 Å². The van der Waals surface area contributed by atoms with E-state index in [1.165, 1.54) is 0 Å². The number of ether oxygens (including phenoxy) is 1. The first-order valence-electron chi connectivity index (χ1n) is 5.39. The number of aromatic nitrogens is 1. The quantitative estimate of drug-likeness (QED) is 0.696. The topological polar surface area (TPSA) is 99.6 Å². The van der Waals surface area contributed by atoms with Gasteiger partial charge in [-0.15, -0.1) is 0 Å². The van der Waals surface area contributed by atoms with E-state index in [0.29, 0.717) is 12.3 Å². The van der Waals surface area contributed by atoms with Crippen molar-refractivity contribution >= 4 is 5.97 Å². The molecule has 2 unspecified atom stereocenters. The third-order valence-electron chi connectivity index (χ3n) is 2.55. The van der Waals surface area contributed by atoms with Crippen molar-refractivity contribution in [2.45, 2.75) is 24.8 Å². The number of esters is 1. The first-order chi connectivity index (χ1) is 9.16. The summed E-state index contributed by atoms with van der Waals surface area (Å²) in [6, 6.07) is 0.421. The van der Waals surface area contributed by atoms with Crippen molar-refractivity contribution in [2.75, 3.05) is 7.11 Å². The molecule has 0 bridgehead atoms. The molecule has 0 saturated carbocycles. The van der Waals surface area contributed by atoms with Crippen LogP contribution in [0.15, 0.2) is 17.1 Å². The second-order valence-electron chi connectivity index (χ2n) is 3.96. The van der Waals surface area contributed by atoms with Crippen molar-refractivity contribution in [2.24, 2.45) is 0 Å². The number of hydrogen-bond donors (Lipinski definition) is 3. The van der Waals surface area contributed by atoms with Gasteiger partial charge < -0.3 is 19.9 Å². The van der Waals surface area contributed by atoms with Gasteiger partial charge >= 0.3 is 12.1 Å². The molecule has 6 nitrogen and oxygen atoms in total. The molecule has 1 aromatic rings. The Kier molecular flexibility index (Phi) is 4.90. The van der Waals surface area contributed by atoms with Crippen LogP contribution in [0.2, 0.25) is 0 Å². The number of alkyl halides is 3. The highest BCUT2D eigenvalue weighted by Crippen LogP contribution is 2.29. The van der Waals surface area contributed by atoms with Gasteiger partial charge in [0, 0.05) is 11.8 Å². The minimum Gasteiger partial charge on any atom is -0.469 e. The molecule has 9 heteroatoms. The van der Waals surface area contributed by atoms with E-state index in [9.17, 15) is 33.0 Å². The fourth-order valence-corrected chi connectivity index (χ4v) is 1.46. The molecule has 0 aromatic carbocycles. The predicted molar refractivity (Wildman–Crippen MR) is 59.7 cm³/mol. The SMILES string of the molecule is COC(=O)CC(O)C(O)c1cc(C(F)(F)F)c[nH]c1=O. The van der Waals surface area contributed by atoms with Crippen molar-refractivity contribution in [3.8, 4) is 0 Å². The lowest BCUT2D eigenvalue weighted by Crippen LogP contribution is -2.28. The monoisotopic (exact) mass is 295 g/mol. The summed E-state index contributed by atoms with van der Waals surface area (Å²) in [5.41, 5.74) is -2.86. The number of hydrogen-bond acceptors (Lipinski definition) is 5. The average Bonchev–Trinajstić information content (AvgIpc) is 2.36. The molecule has 0 saturated heterocycles. The lowest BCUT2D eigenvalue weighted by Gasteiger charge is -2.17. The predicted octanol–water partition coefficient (Wildman–Crippen LogP) is 0.351. The van der Waals surface area contributed by atoms with Crippen LogP contribution in [0.3, 0.4) is 0 Å². The largest absolute Gasteiger partial charge is 0.469 e. The highest BCUT2D eigenvalue weighted by atomic mass is 19.4. The summed E-state index contributed by atoms with van der Waals surface area (Å²) in [5, 5.41) is 19.2. The van der Waals surface area contributed by atoms with Crippen LogP contribution < -0.4 is 5.56 Å². The van der Waals surface area contributed by atoms with E-state index >= 15 is 0 Å². The van der Waals surface area contributed by atoms with Crippen LogP contribution in [0, 0.1) is 0 Å². The molecule has 1 heterocycles. The van der Waals surface area contributed by atoms with Crippen molar-refractivity contribution in [3.63, 3.8) is 0 Å². The standard InChI is InChI=1S/C11H12F3NO5/c1-20-8(17)3-7(16)9(18)6-2-5(11(12,13)14)4-15-10(6)19/h2,4,7,9,16,18H,3H2,1H3,(H,15,19). The van der Waals surface area contributed by atoms with Gasteiger partial charge in [-0.3, -0.25) is 9.59 Å². The molecule has 0 spiro atoms. The maximum Gasteiger partial charge on any atom is 0.417 e. The maximum absolute atomic E-state index is 12.5. The average molecular weight is 295 g/mol. The zero-order chi connectivity index (χ0) is 15.5. The molecule has 112 valence electrons. The lowest BCUT2D eigenvalue weighted by atomic mass is 10.0. The number of H-pyrrole nitrogens is 1. The van der Waals surface area contributed by atoms with Crippen molar-refractivity contribution in [1.29, 1.82) is 0 Å². The van der Waals surface area contributed by atoms with Crippen LogP contribution in [0.1, 0.15) is 23.7 Å². The molecule has 20 heavy (non-hydrogen) atoms. The lowest BCUT2D eigenvalue weighted by molar-refractivity contribution is -0.145. The summed E-state index contributed by atoms with van der Waals surface area (Å²) in [7, 11) is 1.04. The molecule has 0 amide bonds. The summed E-state index contributed by atoms with van der Waals surface area (Å²) in [6.07, 6.45) is -8.63. The van der Waals surface area contributed by atoms with Gasteiger partial charge in [0.2, 0.25) is 0 Å². The fraction of sp³-hybridized carbons (Fsp3) is 0.455. The molecular weight excluding hydrogens is 283 g/mol. The summed E-state index contributed by atoms with van der Waals surface area (Å²) in [4.78, 5) is 24.1. The fourth-order valence-electron chi connectivity index (χ4n) is 1.46. The van der Waals surface area contributed by atoms with Crippen molar-refractivity contribution in [1.82, 2.24) is 4.98 Å². The van der Waals surface area contributed by atoms with E-state index in [1.807, 2.05) is 4.98 Å². The van der Waals surface area contributed by atoms with E-state index < -0.39 is 47.5 Å². The van der Waals surface area contributed by atoms with E-state index in [4.69, 9.17) is 0 Å². The van der Waals surface area contributed by atoms with Crippen LogP contribution >= 0.6 is 0 Å². The third kappa shape index (κ3) is 3.81. The molecule has 3 N–H and O–H groups in total. The first kappa shape index (κ1) is 16.2. The first-order valence-corrected chi connectivity index (χ1v) is 5.39. The van der Waals surface area contributed by atoms with Gasteiger partial charge in [-0.1, -0.05) is 0 Å². The van der Waals surface area contributed by atoms with Crippen LogP contribution in [0.5, 0.6) is 0 Å². The number of pyridine rings is 1. The molecule has 0 fully saturated rings. The van der Waals surface area contributed by atoms with Crippen molar-refractivity contribution < 1.29 is 32.9 Å². The van der Waals surface area contributed by atoms with Gasteiger partial charge in [-0.05, 0) is 6.07 Å². The minimum absolute atomic E-state index is 0.421. The molecule has 1 rings (SSSR count). The van der Waals surface area contributed by atoms with Gasteiger partial charge in [0.15, 0.2) is 0 Å². The van der Waals surface area contributed by atoms with Crippen LogP contribution in [-0.2, 0) is 15.7 Å². The molecule has 0 aliphatic rings. The minimum atomic E-state index is -4.72. The van der Waals surface area contributed by atoms with Gasteiger partial charge in [-0.25, -0.2) is 0 Å². The zero-order valence-electron chi connectivity index (χ0n) is 10.3. The summed E-state index contributed by atoms with van der Waals surface area (Å²) >= 11 is 0. The number of rotatable bonds is 4. The molecule has 2 atom stereocenters. The van der Waals surface area contributed by atoms with Crippen LogP contribution in [-0.4, -0.2) is 34.4 Å². The Morgan fingerprint density at radius 3 is 2.55 bits per heavy atom. The highest BCUT2D eigenvalue weighted by Gasteiger charge is 2.33. The summed E-state index contributed by atoms with van der Waals surface area (Å²) in [6.45, 7) is 0. The van der Waals surface area contributed by atoms with Gasteiger partial charge in [0.05, 0.1) is 25.2 Å². The van der Waals surface area contributed by atoms with E-state index in [2.05, 4.69) is 4.74 Å². The molecular formula is C11H12F3NO5. The number of aromatic amines is 1. The third-order valence-corrected chi connectivity index (χ3v) is 2.55. The van der Waals surface area contributed by atoms with Gasteiger partial charge in [-0.2, -0.15) is 13.2 Å². The Morgan fingerprint density at radius 2 is 2.05 bits per heavy atom. The Balaban J connectivity index is 3.06. The second kappa shape index (κ2) is 6.06. The van der Waals surface area contributed by atoms with Gasteiger partial charge in [0.25, 0.3) is 5.56 Å². The number of carbonyl (C=O) groups is 1. The Labute approximate surface area is 110 Å². The molecule has 0 aliphatic carbocycles. The zero-order valence-corrected chi connectivity index (χ0v) is 10.3. The number of aliphatic hydroxyl groups is 2.